The van der Waals surface area contributed by atoms with E-state index in [2.05, 4.69) is 22.3 Å². The van der Waals surface area contributed by atoms with E-state index in [1.165, 1.54) is 0 Å². The molecular weight excluding hydrogens is 248 g/mol. The highest BCUT2D eigenvalue weighted by Crippen LogP contribution is 2.22. The van der Waals surface area contributed by atoms with Crippen molar-refractivity contribution in [3.8, 4) is 11.3 Å². The van der Waals surface area contributed by atoms with Gasteiger partial charge in [-0.2, -0.15) is 0 Å². The maximum atomic E-state index is 5.85. The van der Waals surface area contributed by atoms with Crippen LogP contribution in [0.2, 0.25) is 0 Å². The van der Waals surface area contributed by atoms with Crippen molar-refractivity contribution in [2.45, 2.75) is 6.42 Å². The van der Waals surface area contributed by atoms with Gasteiger partial charge in [0, 0.05) is 30.9 Å². The summed E-state index contributed by atoms with van der Waals surface area (Å²) < 4.78 is 0. The van der Waals surface area contributed by atoms with E-state index in [0.717, 1.165) is 55.4 Å². The Kier molecular flexibility index (Phi) is 3.83. The standard InChI is InChI=1S/C16H20N4/c17-14-5-1-4-13(12-14)15-6-2-7-16(19-15)20-10-3-8-18-9-11-20/h1-2,4-7,12,18H,3,8-11,17H2. The van der Waals surface area contributed by atoms with Crippen LogP contribution in [-0.2, 0) is 0 Å². The number of rotatable bonds is 2. The monoisotopic (exact) mass is 268 g/mol. The Morgan fingerprint density at radius 1 is 1.05 bits per heavy atom. The number of anilines is 2. The van der Waals surface area contributed by atoms with Crippen LogP contribution in [0.5, 0.6) is 0 Å². The Labute approximate surface area is 119 Å². The second-order valence-corrected chi connectivity index (χ2v) is 5.10. The van der Waals surface area contributed by atoms with E-state index in [1.807, 2.05) is 30.3 Å². The molecule has 2 aromatic rings. The van der Waals surface area contributed by atoms with Gasteiger partial charge in [0.25, 0.3) is 0 Å². The molecule has 3 rings (SSSR count). The third-order valence-electron chi connectivity index (χ3n) is 3.58. The zero-order chi connectivity index (χ0) is 13.8. The van der Waals surface area contributed by atoms with Gasteiger partial charge in [0.1, 0.15) is 5.82 Å². The van der Waals surface area contributed by atoms with Gasteiger partial charge >= 0.3 is 0 Å². The van der Waals surface area contributed by atoms with Crippen LogP contribution in [0, 0.1) is 0 Å². The summed E-state index contributed by atoms with van der Waals surface area (Å²) in [6.07, 6.45) is 1.16. The molecule has 104 valence electrons. The first kappa shape index (κ1) is 12.9. The zero-order valence-corrected chi connectivity index (χ0v) is 11.5. The number of nitrogens with zero attached hydrogens (tertiary/aromatic N) is 2. The molecule has 1 aromatic heterocycles. The van der Waals surface area contributed by atoms with Gasteiger partial charge in [-0.25, -0.2) is 4.98 Å². The molecule has 1 aromatic carbocycles. The Morgan fingerprint density at radius 2 is 1.95 bits per heavy atom. The third-order valence-corrected chi connectivity index (χ3v) is 3.58. The van der Waals surface area contributed by atoms with Crippen molar-refractivity contribution < 1.29 is 0 Å². The number of hydrogen-bond acceptors (Lipinski definition) is 4. The Hall–Kier alpha value is -2.07. The molecule has 0 spiro atoms. The molecule has 2 heterocycles. The molecule has 0 aliphatic carbocycles. The van der Waals surface area contributed by atoms with Crippen molar-refractivity contribution in [2.75, 3.05) is 36.8 Å². The van der Waals surface area contributed by atoms with E-state index >= 15 is 0 Å². The minimum atomic E-state index is 0.772. The van der Waals surface area contributed by atoms with Crippen LogP contribution in [0.1, 0.15) is 6.42 Å². The zero-order valence-electron chi connectivity index (χ0n) is 11.5. The fourth-order valence-corrected chi connectivity index (χ4v) is 2.53. The van der Waals surface area contributed by atoms with Gasteiger partial charge in [-0.3, -0.25) is 0 Å². The van der Waals surface area contributed by atoms with Crippen LogP contribution in [0.3, 0.4) is 0 Å². The molecule has 3 N–H and O–H groups in total. The lowest BCUT2D eigenvalue weighted by Gasteiger charge is -2.21. The highest BCUT2D eigenvalue weighted by molar-refractivity contribution is 5.65. The third kappa shape index (κ3) is 2.91. The fraction of sp³-hybridized carbons (Fsp3) is 0.312. The van der Waals surface area contributed by atoms with Crippen molar-refractivity contribution in [3.05, 3.63) is 42.5 Å². The number of benzene rings is 1. The molecule has 20 heavy (non-hydrogen) atoms. The molecular formula is C16H20N4. The van der Waals surface area contributed by atoms with Gasteiger partial charge in [0.15, 0.2) is 0 Å². The van der Waals surface area contributed by atoms with E-state index in [4.69, 9.17) is 10.7 Å². The lowest BCUT2D eigenvalue weighted by molar-refractivity contribution is 0.724. The van der Waals surface area contributed by atoms with Crippen molar-refractivity contribution >= 4 is 11.5 Å². The number of aromatic nitrogens is 1. The summed E-state index contributed by atoms with van der Waals surface area (Å²) in [5.41, 5.74) is 8.67. The normalized spacial score (nSPS) is 15.9. The molecule has 1 fully saturated rings. The summed E-state index contributed by atoms with van der Waals surface area (Å²) in [6, 6.07) is 14.1. The van der Waals surface area contributed by atoms with Gasteiger partial charge in [0.2, 0.25) is 0 Å². The van der Waals surface area contributed by atoms with Crippen LogP contribution < -0.4 is 16.0 Å². The lowest BCUT2D eigenvalue weighted by Crippen LogP contribution is -2.28. The predicted molar refractivity (Wildman–Crippen MR) is 83.8 cm³/mol. The van der Waals surface area contributed by atoms with Gasteiger partial charge in [0.05, 0.1) is 5.69 Å². The molecule has 0 bridgehead atoms. The predicted octanol–water partition coefficient (Wildman–Crippen LogP) is 2.13. The first-order valence-electron chi connectivity index (χ1n) is 7.11. The van der Waals surface area contributed by atoms with E-state index in [-0.39, 0.29) is 0 Å². The van der Waals surface area contributed by atoms with Crippen molar-refractivity contribution in [2.24, 2.45) is 0 Å². The van der Waals surface area contributed by atoms with Crippen LogP contribution >= 0.6 is 0 Å². The molecule has 1 saturated heterocycles. The molecule has 0 amide bonds. The minimum Gasteiger partial charge on any atom is -0.399 e. The van der Waals surface area contributed by atoms with E-state index in [9.17, 15) is 0 Å². The topological polar surface area (TPSA) is 54.2 Å². The summed E-state index contributed by atoms with van der Waals surface area (Å²) in [5.74, 6) is 1.05. The second kappa shape index (κ2) is 5.92. The smallest absolute Gasteiger partial charge is 0.129 e. The number of hydrogen-bond donors (Lipinski definition) is 2. The van der Waals surface area contributed by atoms with Gasteiger partial charge in [-0.1, -0.05) is 18.2 Å². The summed E-state index contributed by atoms with van der Waals surface area (Å²) >= 11 is 0. The highest BCUT2D eigenvalue weighted by atomic mass is 15.2. The minimum absolute atomic E-state index is 0.772. The lowest BCUT2D eigenvalue weighted by atomic mass is 10.1. The molecule has 0 atom stereocenters. The van der Waals surface area contributed by atoms with Crippen LogP contribution in [0.4, 0.5) is 11.5 Å². The van der Waals surface area contributed by atoms with Crippen molar-refractivity contribution in [1.82, 2.24) is 10.3 Å². The quantitative estimate of drug-likeness (QED) is 0.819. The summed E-state index contributed by atoms with van der Waals surface area (Å²) in [5, 5.41) is 3.41. The maximum Gasteiger partial charge on any atom is 0.129 e. The Bertz CT molecular complexity index is 574. The largest absolute Gasteiger partial charge is 0.399 e. The summed E-state index contributed by atoms with van der Waals surface area (Å²) in [7, 11) is 0. The molecule has 1 aliphatic heterocycles. The first-order valence-corrected chi connectivity index (χ1v) is 7.11. The van der Waals surface area contributed by atoms with E-state index < -0.39 is 0 Å². The molecule has 0 saturated carbocycles. The number of nitrogens with two attached hydrogens (primary N) is 1. The van der Waals surface area contributed by atoms with E-state index in [0.29, 0.717) is 0 Å². The average Bonchev–Trinajstić information content (AvgIpc) is 2.76. The molecule has 1 aliphatic rings. The van der Waals surface area contributed by atoms with Gasteiger partial charge in [-0.15, -0.1) is 0 Å². The van der Waals surface area contributed by atoms with E-state index in [1.54, 1.807) is 0 Å². The first-order chi connectivity index (χ1) is 9.83. The maximum absolute atomic E-state index is 5.85. The van der Waals surface area contributed by atoms with Crippen LogP contribution in [0.15, 0.2) is 42.5 Å². The average molecular weight is 268 g/mol. The van der Waals surface area contributed by atoms with Crippen molar-refractivity contribution in [3.63, 3.8) is 0 Å². The number of pyridine rings is 1. The van der Waals surface area contributed by atoms with Crippen molar-refractivity contribution in [1.29, 1.82) is 0 Å². The van der Waals surface area contributed by atoms with Gasteiger partial charge < -0.3 is 16.0 Å². The number of nitrogens with one attached hydrogen (secondary N) is 1. The van der Waals surface area contributed by atoms with Crippen LogP contribution in [0.25, 0.3) is 11.3 Å². The Balaban J connectivity index is 1.89. The number of nitrogen functional groups attached to an aromatic ring is 1. The molecule has 0 radical (unpaired) electrons. The SMILES string of the molecule is Nc1cccc(-c2cccc(N3CCCNCC3)n2)c1. The van der Waals surface area contributed by atoms with Gasteiger partial charge in [-0.05, 0) is 37.2 Å². The summed E-state index contributed by atoms with van der Waals surface area (Å²) in [4.78, 5) is 7.14. The molecule has 4 heteroatoms. The van der Waals surface area contributed by atoms with Crippen LogP contribution in [-0.4, -0.2) is 31.2 Å². The highest BCUT2D eigenvalue weighted by Gasteiger charge is 2.11. The second-order valence-electron chi connectivity index (χ2n) is 5.10. The Morgan fingerprint density at radius 3 is 2.85 bits per heavy atom. The fourth-order valence-electron chi connectivity index (χ4n) is 2.53. The molecule has 4 nitrogen and oxygen atoms in total. The molecule has 0 unspecified atom stereocenters. The summed E-state index contributed by atoms with van der Waals surface area (Å²) in [6.45, 7) is 4.17.